The zero-order chi connectivity index (χ0) is 9.07. The zero-order valence-corrected chi connectivity index (χ0v) is 6.83. The summed E-state index contributed by atoms with van der Waals surface area (Å²) in [6.07, 6.45) is 0.385. The molecule has 0 aromatic rings. The normalized spacial score (nSPS) is 11.4. The van der Waals surface area contributed by atoms with Gasteiger partial charge in [-0.3, -0.25) is 0 Å². The lowest BCUT2D eigenvalue weighted by atomic mass is 10.1. The zero-order valence-electron chi connectivity index (χ0n) is 6.83. The minimum atomic E-state index is -0.842. The molecule has 0 unspecified atom stereocenters. The molecule has 4 N–H and O–H groups in total. The molecule has 0 aromatic heterocycles. The Morgan fingerprint density at radius 2 is 2.09 bits per heavy atom. The van der Waals surface area contributed by atoms with E-state index < -0.39 is 17.7 Å². The second-order valence-corrected chi connectivity index (χ2v) is 2.75. The van der Waals surface area contributed by atoms with Gasteiger partial charge in [-0.25, -0.2) is 4.79 Å². The predicted octanol–water partition coefficient (Wildman–Crippen LogP) is -0.262. The molecular formula is C7H14N2O2. The molecule has 0 atom stereocenters. The van der Waals surface area contributed by atoms with Gasteiger partial charge in [-0.15, -0.1) is 0 Å². The summed E-state index contributed by atoms with van der Waals surface area (Å²) in [6.45, 7) is 6.52. The van der Waals surface area contributed by atoms with Crippen LogP contribution in [-0.4, -0.2) is 17.7 Å². The maximum atomic E-state index is 10.7. The SMILES string of the molecule is C=CC(=O)OC(C)(C)C(N)N. The van der Waals surface area contributed by atoms with E-state index in [0.29, 0.717) is 0 Å². The molecular weight excluding hydrogens is 144 g/mol. The van der Waals surface area contributed by atoms with Crippen molar-refractivity contribution in [3.8, 4) is 0 Å². The molecule has 0 bridgehead atoms. The molecule has 0 rings (SSSR count). The van der Waals surface area contributed by atoms with Crippen molar-refractivity contribution in [1.82, 2.24) is 0 Å². The molecule has 0 aliphatic rings. The minimum Gasteiger partial charge on any atom is -0.453 e. The topological polar surface area (TPSA) is 78.3 Å². The van der Waals surface area contributed by atoms with Crippen molar-refractivity contribution in [2.24, 2.45) is 11.5 Å². The molecule has 4 heteroatoms. The van der Waals surface area contributed by atoms with Crippen LogP contribution >= 0.6 is 0 Å². The van der Waals surface area contributed by atoms with Crippen LogP contribution in [-0.2, 0) is 9.53 Å². The number of hydrogen-bond acceptors (Lipinski definition) is 4. The third-order valence-electron chi connectivity index (χ3n) is 1.33. The average Bonchev–Trinajstić information content (AvgIpc) is 1.86. The van der Waals surface area contributed by atoms with E-state index in [4.69, 9.17) is 16.2 Å². The van der Waals surface area contributed by atoms with Gasteiger partial charge in [-0.1, -0.05) is 6.58 Å². The van der Waals surface area contributed by atoms with Gasteiger partial charge < -0.3 is 16.2 Å². The van der Waals surface area contributed by atoms with Crippen LogP contribution in [0.15, 0.2) is 12.7 Å². The van der Waals surface area contributed by atoms with E-state index in [2.05, 4.69) is 6.58 Å². The molecule has 0 saturated carbocycles. The van der Waals surface area contributed by atoms with Crippen LogP contribution in [0, 0.1) is 0 Å². The van der Waals surface area contributed by atoms with Gasteiger partial charge in [-0.2, -0.15) is 0 Å². The first-order valence-corrected chi connectivity index (χ1v) is 3.26. The highest BCUT2D eigenvalue weighted by Gasteiger charge is 2.26. The lowest BCUT2D eigenvalue weighted by Gasteiger charge is -2.27. The maximum Gasteiger partial charge on any atom is 0.330 e. The van der Waals surface area contributed by atoms with Crippen molar-refractivity contribution < 1.29 is 9.53 Å². The number of ether oxygens (including phenoxy) is 1. The largest absolute Gasteiger partial charge is 0.453 e. The molecule has 0 radical (unpaired) electrons. The van der Waals surface area contributed by atoms with Crippen LogP contribution in [0.4, 0.5) is 0 Å². The van der Waals surface area contributed by atoms with E-state index >= 15 is 0 Å². The summed E-state index contributed by atoms with van der Waals surface area (Å²) >= 11 is 0. The Morgan fingerprint density at radius 1 is 1.64 bits per heavy atom. The van der Waals surface area contributed by atoms with Gasteiger partial charge in [0.2, 0.25) is 0 Å². The van der Waals surface area contributed by atoms with Crippen molar-refractivity contribution in [3.63, 3.8) is 0 Å². The summed E-state index contributed by atoms with van der Waals surface area (Å²) in [5.41, 5.74) is 9.84. The van der Waals surface area contributed by atoms with Crippen LogP contribution < -0.4 is 11.5 Å². The Balaban J connectivity index is 4.11. The van der Waals surface area contributed by atoms with E-state index in [1.165, 1.54) is 0 Å². The van der Waals surface area contributed by atoms with Crippen molar-refractivity contribution in [2.45, 2.75) is 25.6 Å². The van der Waals surface area contributed by atoms with Crippen molar-refractivity contribution in [1.29, 1.82) is 0 Å². The Morgan fingerprint density at radius 3 is 2.36 bits per heavy atom. The third kappa shape index (κ3) is 3.15. The van der Waals surface area contributed by atoms with Crippen LogP contribution in [0.25, 0.3) is 0 Å². The molecule has 0 fully saturated rings. The van der Waals surface area contributed by atoms with E-state index in [9.17, 15) is 4.79 Å². The number of rotatable bonds is 3. The quantitative estimate of drug-likeness (QED) is 0.337. The highest BCUT2D eigenvalue weighted by Crippen LogP contribution is 2.09. The molecule has 0 heterocycles. The first-order valence-electron chi connectivity index (χ1n) is 3.26. The number of carbonyl (C=O) groups excluding carboxylic acids is 1. The van der Waals surface area contributed by atoms with Crippen LogP contribution in [0.5, 0.6) is 0 Å². The van der Waals surface area contributed by atoms with Gasteiger partial charge in [-0.05, 0) is 13.8 Å². The van der Waals surface area contributed by atoms with E-state index in [1.807, 2.05) is 0 Å². The standard InChI is InChI=1S/C7H14N2O2/c1-4-5(10)11-7(2,3)6(8)9/h4,6H,1,8-9H2,2-3H3. The molecule has 64 valence electrons. The lowest BCUT2D eigenvalue weighted by Crippen LogP contribution is -2.52. The maximum absolute atomic E-state index is 10.7. The Kier molecular flexibility index (Phi) is 3.22. The van der Waals surface area contributed by atoms with Crippen molar-refractivity contribution in [3.05, 3.63) is 12.7 Å². The fourth-order valence-corrected chi connectivity index (χ4v) is 0.369. The highest BCUT2D eigenvalue weighted by atomic mass is 16.6. The summed E-state index contributed by atoms with van der Waals surface area (Å²) in [4.78, 5) is 10.7. The number of hydrogen-bond donors (Lipinski definition) is 2. The average molecular weight is 158 g/mol. The number of nitrogens with two attached hydrogens (primary N) is 2. The molecule has 4 nitrogen and oxygen atoms in total. The second kappa shape index (κ2) is 3.50. The lowest BCUT2D eigenvalue weighted by molar-refractivity contribution is -0.151. The Hall–Kier alpha value is -0.870. The Bertz CT molecular complexity index is 164. The van der Waals surface area contributed by atoms with Crippen molar-refractivity contribution >= 4 is 5.97 Å². The fraction of sp³-hybridized carbons (Fsp3) is 0.571. The smallest absolute Gasteiger partial charge is 0.330 e. The summed E-state index contributed by atoms with van der Waals surface area (Å²) in [6, 6.07) is 0. The van der Waals surface area contributed by atoms with E-state index in [-0.39, 0.29) is 0 Å². The molecule has 0 aromatic carbocycles. The molecule has 0 amide bonds. The first-order chi connectivity index (χ1) is 4.90. The molecule has 0 saturated heterocycles. The second-order valence-electron chi connectivity index (χ2n) is 2.75. The molecule has 0 aliphatic heterocycles. The molecule has 0 spiro atoms. The molecule has 11 heavy (non-hydrogen) atoms. The number of carbonyl (C=O) groups is 1. The Labute approximate surface area is 66.2 Å². The monoisotopic (exact) mass is 158 g/mol. The van der Waals surface area contributed by atoms with Crippen LogP contribution in [0.3, 0.4) is 0 Å². The fourth-order valence-electron chi connectivity index (χ4n) is 0.369. The first kappa shape index (κ1) is 10.1. The van der Waals surface area contributed by atoms with Crippen molar-refractivity contribution in [2.75, 3.05) is 0 Å². The number of esters is 1. The van der Waals surface area contributed by atoms with Gasteiger partial charge in [0.25, 0.3) is 0 Å². The van der Waals surface area contributed by atoms with Gasteiger partial charge in [0.05, 0.1) is 6.17 Å². The summed E-state index contributed by atoms with van der Waals surface area (Å²) in [7, 11) is 0. The van der Waals surface area contributed by atoms with Gasteiger partial charge in [0, 0.05) is 6.08 Å². The summed E-state index contributed by atoms with van der Waals surface area (Å²) in [5.74, 6) is -0.518. The van der Waals surface area contributed by atoms with Gasteiger partial charge in [0.15, 0.2) is 0 Å². The summed E-state index contributed by atoms with van der Waals surface area (Å²) < 4.78 is 4.84. The summed E-state index contributed by atoms with van der Waals surface area (Å²) in [5, 5.41) is 0. The van der Waals surface area contributed by atoms with E-state index in [1.54, 1.807) is 13.8 Å². The predicted molar refractivity (Wildman–Crippen MR) is 42.5 cm³/mol. The van der Waals surface area contributed by atoms with Gasteiger partial charge >= 0.3 is 5.97 Å². The third-order valence-corrected chi connectivity index (χ3v) is 1.33. The minimum absolute atomic E-state index is 0.518. The highest BCUT2D eigenvalue weighted by molar-refractivity contribution is 5.81. The van der Waals surface area contributed by atoms with Gasteiger partial charge in [0.1, 0.15) is 5.60 Å². The van der Waals surface area contributed by atoms with E-state index in [0.717, 1.165) is 6.08 Å². The van der Waals surface area contributed by atoms with Crippen LogP contribution in [0.2, 0.25) is 0 Å². The molecule has 0 aliphatic carbocycles. The van der Waals surface area contributed by atoms with Crippen LogP contribution in [0.1, 0.15) is 13.8 Å².